The lowest BCUT2D eigenvalue weighted by Crippen LogP contribution is -2.19. The van der Waals surface area contributed by atoms with E-state index in [-0.39, 0.29) is 0 Å². The van der Waals surface area contributed by atoms with E-state index in [1.54, 1.807) is 0 Å². The van der Waals surface area contributed by atoms with Crippen molar-refractivity contribution in [2.45, 2.75) is 90.4 Å². The summed E-state index contributed by atoms with van der Waals surface area (Å²) in [5, 5.41) is 0. The average molecular weight is 278 g/mol. The molecule has 2 unspecified atom stereocenters. The van der Waals surface area contributed by atoms with Gasteiger partial charge in [-0.1, -0.05) is 58.3 Å². The van der Waals surface area contributed by atoms with Crippen molar-refractivity contribution in [3.63, 3.8) is 0 Å². The maximum absolute atomic E-state index is 10.8. The summed E-state index contributed by atoms with van der Waals surface area (Å²) in [7, 11) is 0. The first-order valence-electron chi connectivity index (χ1n) is 9.27. The molecule has 0 heterocycles. The van der Waals surface area contributed by atoms with Crippen molar-refractivity contribution in [1.82, 2.24) is 0 Å². The molecule has 1 nitrogen and oxygen atoms in total. The fourth-order valence-corrected chi connectivity index (χ4v) is 4.50. The highest BCUT2D eigenvalue weighted by atomic mass is 16.1. The number of aldehydes is 1. The van der Waals surface area contributed by atoms with Crippen LogP contribution in [0.1, 0.15) is 90.4 Å². The zero-order valence-electron chi connectivity index (χ0n) is 13.5. The summed E-state index contributed by atoms with van der Waals surface area (Å²) in [6.07, 6.45) is 19.3. The van der Waals surface area contributed by atoms with Gasteiger partial charge in [0.15, 0.2) is 0 Å². The molecule has 0 aromatic carbocycles. The van der Waals surface area contributed by atoms with E-state index >= 15 is 0 Å². The molecule has 0 spiro atoms. The molecule has 0 aliphatic heterocycles. The number of hydrogen-bond acceptors (Lipinski definition) is 1. The Hall–Kier alpha value is -0.330. The summed E-state index contributed by atoms with van der Waals surface area (Å²) >= 11 is 0. The number of hydrogen-bond donors (Lipinski definition) is 0. The fourth-order valence-electron chi connectivity index (χ4n) is 4.50. The van der Waals surface area contributed by atoms with Crippen LogP contribution in [0.4, 0.5) is 0 Å². The van der Waals surface area contributed by atoms with Gasteiger partial charge in [0.1, 0.15) is 6.29 Å². The summed E-state index contributed by atoms with van der Waals surface area (Å²) < 4.78 is 0. The molecule has 2 atom stereocenters. The van der Waals surface area contributed by atoms with Crippen LogP contribution in [0, 0.1) is 23.7 Å². The predicted molar refractivity (Wildman–Crippen MR) is 85.7 cm³/mol. The lowest BCUT2D eigenvalue weighted by atomic mass is 9.74. The second kappa shape index (κ2) is 8.85. The molecule has 0 radical (unpaired) electrons. The first kappa shape index (κ1) is 16.0. The normalized spacial score (nSPS) is 34.9. The minimum atomic E-state index is 0.388. The van der Waals surface area contributed by atoms with Gasteiger partial charge in [0.2, 0.25) is 0 Å². The lowest BCUT2D eigenvalue weighted by Gasteiger charge is -2.31. The van der Waals surface area contributed by atoms with Gasteiger partial charge in [0.25, 0.3) is 0 Å². The van der Waals surface area contributed by atoms with Gasteiger partial charge in [-0.2, -0.15) is 0 Å². The molecule has 2 saturated carbocycles. The first-order chi connectivity index (χ1) is 9.81. The van der Waals surface area contributed by atoms with Crippen molar-refractivity contribution < 1.29 is 4.79 Å². The Bertz CT molecular complexity index is 265. The largest absolute Gasteiger partial charge is 0.303 e. The molecule has 2 aliphatic carbocycles. The third-order valence-corrected chi connectivity index (χ3v) is 5.92. The van der Waals surface area contributed by atoms with Crippen LogP contribution < -0.4 is 0 Å². The quantitative estimate of drug-likeness (QED) is 0.540. The van der Waals surface area contributed by atoms with Crippen molar-refractivity contribution in [2.75, 3.05) is 0 Å². The molecule has 0 aromatic rings. The summed E-state index contributed by atoms with van der Waals surface area (Å²) in [5.41, 5.74) is 0. The Morgan fingerprint density at radius 2 is 1.50 bits per heavy atom. The molecule has 20 heavy (non-hydrogen) atoms. The molecule has 2 aliphatic rings. The summed E-state index contributed by atoms with van der Waals surface area (Å²) in [6.45, 7) is 2.32. The minimum Gasteiger partial charge on any atom is -0.303 e. The summed E-state index contributed by atoms with van der Waals surface area (Å²) in [6, 6.07) is 0. The van der Waals surface area contributed by atoms with E-state index in [9.17, 15) is 4.79 Å². The Kier molecular flexibility index (Phi) is 7.10. The van der Waals surface area contributed by atoms with Crippen LogP contribution in [0.15, 0.2) is 0 Å². The minimum absolute atomic E-state index is 0.388. The second-order valence-electron chi connectivity index (χ2n) is 7.54. The van der Waals surface area contributed by atoms with E-state index in [1.165, 1.54) is 76.9 Å². The van der Waals surface area contributed by atoms with Crippen molar-refractivity contribution in [3.05, 3.63) is 0 Å². The van der Waals surface area contributed by atoms with Crippen molar-refractivity contribution in [3.8, 4) is 0 Å². The molecule has 0 amide bonds. The second-order valence-corrected chi connectivity index (χ2v) is 7.54. The van der Waals surface area contributed by atoms with Crippen LogP contribution in [-0.4, -0.2) is 6.29 Å². The smallest absolute Gasteiger partial charge is 0.123 e. The topological polar surface area (TPSA) is 17.1 Å². The summed E-state index contributed by atoms with van der Waals surface area (Å²) in [5.74, 6) is 3.38. The zero-order valence-corrected chi connectivity index (χ0v) is 13.5. The molecule has 2 fully saturated rings. The van der Waals surface area contributed by atoms with Gasteiger partial charge in [-0.25, -0.2) is 0 Å². The highest BCUT2D eigenvalue weighted by Gasteiger charge is 2.24. The monoisotopic (exact) mass is 278 g/mol. The zero-order chi connectivity index (χ0) is 14.2. The van der Waals surface area contributed by atoms with Crippen LogP contribution >= 0.6 is 0 Å². The molecule has 0 bridgehead atoms. The average Bonchev–Trinajstić information content (AvgIpc) is 2.52. The molecule has 0 saturated heterocycles. The first-order valence-corrected chi connectivity index (χ1v) is 9.27. The predicted octanol–water partition coefficient (Wildman–Crippen LogP) is 5.77. The Morgan fingerprint density at radius 3 is 2.15 bits per heavy atom. The molecule has 0 aromatic heterocycles. The van der Waals surface area contributed by atoms with Crippen LogP contribution in [-0.2, 0) is 4.79 Å². The summed E-state index contributed by atoms with van der Waals surface area (Å²) in [4.78, 5) is 10.8. The highest BCUT2D eigenvalue weighted by molar-refractivity contribution is 5.53. The van der Waals surface area contributed by atoms with E-state index in [0.717, 1.165) is 30.6 Å². The number of carbonyl (C=O) groups is 1. The van der Waals surface area contributed by atoms with Crippen LogP contribution in [0.2, 0.25) is 0 Å². The Balaban J connectivity index is 1.62. The van der Waals surface area contributed by atoms with E-state index in [4.69, 9.17) is 0 Å². The Morgan fingerprint density at radius 1 is 0.850 bits per heavy atom. The third-order valence-electron chi connectivity index (χ3n) is 5.92. The van der Waals surface area contributed by atoms with Gasteiger partial charge in [-0.15, -0.1) is 0 Å². The van der Waals surface area contributed by atoms with Gasteiger partial charge in [-0.05, 0) is 49.9 Å². The van der Waals surface area contributed by atoms with E-state index in [0.29, 0.717) is 5.92 Å². The van der Waals surface area contributed by atoms with Crippen molar-refractivity contribution >= 4 is 6.29 Å². The standard InChI is InChI=1S/C19H34O/c1-2-3-5-17-6-4-7-18(14-17)11-8-16-9-12-19(15-20)13-10-16/h15-19H,2-14H2,1H3. The van der Waals surface area contributed by atoms with Gasteiger partial charge in [-0.3, -0.25) is 0 Å². The SMILES string of the molecule is CCCCC1CCCC(CCC2CCC(C=O)CC2)C1. The van der Waals surface area contributed by atoms with Crippen LogP contribution in [0.3, 0.4) is 0 Å². The maximum atomic E-state index is 10.8. The van der Waals surface area contributed by atoms with E-state index < -0.39 is 0 Å². The molecule has 2 rings (SSSR count). The third kappa shape index (κ3) is 5.22. The van der Waals surface area contributed by atoms with Gasteiger partial charge in [0, 0.05) is 5.92 Å². The maximum Gasteiger partial charge on any atom is 0.123 e. The van der Waals surface area contributed by atoms with Crippen molar-refractivity contribution in [1.29, 1.82) is 0 Å². The molecule has 1 heteroatoms. The number of unbranched alkanes of at least 4 members (excludes halogenated alkanes) is 1. The van der Waals surface area contributed by atoms with E-state index in [2.05, 4.69) is 6.92 Å². The molecular formula is C19H34O. The highest BCUT2D eigenvalue weighted by Crippen LogP contribution is 2.37. The molecular weight excluding hydrogens is 244 g/mol. The Labute approximate surface area is 125 Å². The number of rotatable bonds is 7. The molecule has 116 valence electrons. The van der Waals surface area contributed by atoms with Gasteiger partial charge in [0.05, 0.1) is 0 Å². The van der Waals surface area contributed by atoms with E-state index in [1.807, 2.05) is 0 Å². The van der Waals surface area contributed by atoms with Gasteiger partial charge < -0.3 is 4.79 Å². The van der Waals surface area contributed by atoms with Gasteiger partial charge >= 0.3 is 0 Å². The van der Waals surface area contributed by atoms with Crippen LogP contribution in [0.5, 0.6) is 0 Å². The lowest BCUT2D eigenvalue weighted by molar-refractivity contribution is -0.112. The van der Waals surface area contributed by atoms with Crippen LogP contribution in [0.25, 0.3) is 0 Å². The fraction of sp³-hybridized carbons (Fsp3) is 0.947. The van der Waals surface area contributed by atoms with Crippen molar-refractivity contribution in [2.24, 2.45) is 23.7 Å². The molecule has 0 N–H and O–H groups in total. The number of carbonyl (C=O) groups excluding carboxylic acids is 1.